The third kappa shape index (κ3) is 4.13. The molecule has 2 aromatic rings. The molecule has 0 spiro atoms. The summed E-state index contributed by atoms with van der Waals surface area (Å²) in [5.41, 5.74) is 1.36. The van der Waals surface area contributed by atoms with Crippen LogP contribution in [0.15, 0.2) is 35.8 Å². The third-order valence-corrected chi connectivity index (χ3v) is 4.71. The summed E-state index contributed by atoms with van der Waals surface area (Å²) in [4.78, 5) is 20.5. The molecule has 6 heteroatoms. The van der Waals surface area contributed by atoms with E-state index >= 15 is 0 Å². The molecule has 2 heterocycles. The second kappa shape index (κ2) is 7.95. The topological polar surface area (TPSA) is 45.7 Å². The van der Waals surface area contributed by atoms with Crippen LogP contribution in [-0.4, -0.2) is 55.7 Å². The van der Waals surface area contributed by atoms with Gasteiger partial charge < -0.3 is 9.64 Å². The van der Waals surface area contributed by atoms with Crippen LogP contribution in [0.25, 0.3) is 0 Å². The maximum Gasteiger partial charge on any atom is 0.337 e. The molecular formula is C18H19N3O2S. The SMILES string of the molecule is COC(=O)c1cccc(C#CCN2CCN(c3nccs3)CC2)c1. The highest BCUT2D eigenvalue weighted by molar-refractivity contribution is 7.13. The quantitative estimate of drug-likeness (QED) is 0.632. The highest BCUT2D eigenvalue weighted by Crippen LogP contribution is 2.18. The first-order valence-electron chi connectivity index (χ1n) is 7.80. The molecule has 1 aliphatic heterocycles. The van der Waals surface area contributed by atoms with Gasteiger partial charge in [-0.15, -0.1) is 11.3 Å². The zero-order valence-corrected chi connectivity index (χ0v) is 14.4. The summed E-state index contributed by atoms with van der Waals surface area (Å²) < 4.78 is 4.73. The molecule has 3 rings (SSSR count). The predicted molar refractivity (Wildman–Crippen MR) is 95.4 cm³/mol. The molecule has 0 unspecified atom stereocenters. The molecular weight excluding hydrogens is 322 g/mol. The highest BCUT2D eigenvalue weighted by atomic mass is 32.1. The van der Waals surface area contributed by atoms with Crippen molar-refractivity contribution in [3.05, 3.63) is 47.0 Å². The van der Waals surface area contributed by atoms with Gasteiger partial charge in [-0.3, -0.25) is 4.90 Å². The zero-order valence-electron chi connectivity index (χ0n) is 13.6. The highest BCUT2D eigenvalue weighted by Gasteiger charge is 2.17. The number of piperazine rings is 1. The van der Waals surface area contributed by atoms with E-state index in [0.717, 1.165) is 43.4 Å². The number of esters is 1. The summed E-state index contributed by atoms with van der Waals surface area (Å²) in [5.74, 6) is 5.99. The molecule has 0 aliphatic carbocycles. The molecule has 0 N–H and O–H groups in total. The number of aromatic nitrogens is 1. The van der Waals surface area contributed by atoms with Crippen LogP contribution in [-0.2, 0) is 4.74 Å². The number of hydrogen-bond donors (Lipinski definition) is 0. The number of carbonyl (C=O) groups is 1. The van der Waals surface area contributed by atoms with E-state index in [9.17, 15) is 4.79 Å². The van der Waals surface area contributed by atoms with Crippen LogP contribution in [0, 0.1) is 11.8 Å². The van der Waals surface area contributed by atoms with Crippen molar-refractivity contribution in [2.24, 2.45) is 0 Å². The van der Waals surface area contributed by atoms with Crippen molar-refractivity contribution in [3.63, 3.8) is 0 Å². The van der Waals surface area contributed by atoms with Crippen LogP contribution < -0.4 is 4.90 Å². The third-order valence-electron chi connectivity index (χ3n) is 3.88. The molecule has 124 valence electrons. The van der Waals surface area contributed by atoms with Gasteiger partial charge in [0.1, 0.15) is 0 Å². The molecule has 24 heavy (non-hydrogen) atoms. The van der Waals surface area contributed by atoms with Gasteiger partial charge in [0.25, 0.3) is 0 Å². The number of thiazole rings is 1. The minimum Gasteiger partial charge on any atom is -0.465 e. The number of ether oxygens (including phenoxy) is 1. The largest absolute Gasteiger partial charge is 0.465 e. The fourth-order valence-electron chi connectivity index (χ4n) is 2.56. The van der Waals surface area contributed by atoms with Crippen LogP contribution in [0.5, 0.6) is 0 Å². The van der Waals surface area contributed by atoms with Crippen molar-refractivity contribution in [3.8, 4) is 11.8 Å². The molecule has 5 nitrogen and oxygen atoms in total. The monoisotopic (exact) mass is 341 g/mol. The second-order valence-electron chi connectivity index (χ2n) is 5.45. The van der Waals surface area contributed by atoms with Crippen LogP contribution in [0.3, 0.4) is 0 Å². The van der Waals surface area contributed by atoms with E-state index < -0.39 is 0 Å². The summed E-state index contributed by atoms with van der Waals surface area (Å²) in [5, 5.41) is 3.11. The van der Waals surface area contributed by atoms with Crippen molar-refractivity contribution in [1.82, 2.24) is 9.88 Å². The number of hydrogen-bond acceptors (Lipinski definition) is 6. The zero-order chi connectivity index (χ0) is 16.8. The van der Waals surface area contributed by atoms with Crippen LogP contribution in [0.2, 0.25) is 0 Å². The van der Waals surface area contributed by atoms with Crippen LogP contribution in [0.4, 0.5) is 5.13 Å². The number of carbonyl (C=O) groups excluding carboxylic acids is 1. The Morgan fingerprint density at radius 3 is 2.88 bits per heavy atom. The first-order chi connectivity index (χ1) is 11.8. The molecule has 1 saturated heterocycles. The van der Waals surface area contributed by atoms with Gasteiger partial charge in [0.15, 0.2) is 5.13 Å². The van der Waals surface area contributed by atoms with Gasteiger partial charge in [-0.25, -0.2) is 9.78 Å². The number of nitrogens with zero attached hydrogens (tertiary/aromatic N) is 3. The lowest BCUT2D eigenvalue weighted by molar-refractivity contribution is 0.0600. The molecule has 1 aliphatic rings. The maximum atomic E-state index is 11.5. The average Bonchev–Trinajstić information content (AvgIpc) is 3.16. The normalized spacial score (nSPS) is 14.8. The van der Waals surface area contributed by atoms with Crippen molar-refractivity contribution in [2.75, 3.05) is 44.7 Å². The Morgan fingerprint density at radius 2 is 2.17 bits per heavy atom. The van der Waals surface area contributed by atoms with E-state index in [-0.39, 0.29) is 5.97 Å². The van der Waals surface area contributed by atoms with E-state index in [1.54, 1.807) is 23.5 Å². The van der Waals surface area contributed by atoms with Crippen molar-refractivity contribution >= 4 is 22.4 Å². The minimum atomic E-state index is -0.336. The predicted octanol–water partition coefficient (Wildman–Crippen LogP) is 2.10. The van der Waals surface area contributed by atoms with Crippen molar-refractivity contribution < 1.29 is 9.53 Å². The second-order valence-corrected chi connectivity index (χ2v) is 6.33. The molecule has 0 bridgehead atoms. The number of anilines is 1. The van der Waals surface area contributed by atoms with Gasteiger partial charge in [-0.2, -0.15) is 0 Å². The lowest BCUT2D eigenvalue weighted by Gasteiger charge is -2.33. The lowest BCUT2D eigenvalue weighted by Crippen LogP contribution is -2.46. The Hall–Kier alpha value is -2.36. The van der Waals surface area contributed by atoms with Crippen LogP contribution in [0.1, 0.15) is 15.9 Å². The van der Waals surface area contributed by atoms with E-state index in [1.165, 1.54) is 7.11 Å². The molecule has 0 radical (unpaired) electrons. The van der Waals surface area contributed by atoms with E-state index in [1.807, 2.05) is 23.7 Å². The van der Waals surface area contributed by atoms with Gasteiger partial charge in [0.2, 0.25) is 0 Å². The van der Waals surface area contributed by atoms with Gasteiger partial charge in [0, 0.05) is 43.3 Å². The first-order valence-corrected chi connectivity index (χ1v) is 8.68. The fraction of sp³-hybridized carbons (Fsp3) is 0.333. The summed E-state index contributed by atoms with van der Waals surface area (Å²) in [6, 6.07) is 7.22. The van der Waals surface area contributed by atoms with Crippen molar-refractivity contribution in [2.45, 2.75) is 0 Å². The molecule has 0 atom stereocenters. The fourth-order valence-corrected chi connectivity index (χ4v) is 3.26. The Kier molecular flexibility index (Phi) is 5.47. The molecule has 1 fully saturated rings. The maximum absolute atomic E-state index is 11.5. The summed E-state index contributed by atoms with van der Waals surface area (Å²) in [7, 11) is 1.38. The smallest absolute Gasteiger partial charge is 0.337 e. The summed E-state index contributed by atoms with van der Waals surface area (Å²) in [6.45, 7) is 4.65. The Balaban J connectivity index is 1.52. The van der Waals surface area contributed by atoms with Gasteiger partial charge in [-0.05, 0) is 18.2 Å². The minimum absolute atomic E-state index is 0.336. The molecule has 0 amide bonds. The van der Waals surface area contributed by atoms with Crippen LogP contribution >= 0.6 is 11.3 Å². The Morgan fingerprint density at radius 1 is 1.33 bits per heavy atom. The average molecular weight is 341 g/mol. The van der Waals surface area contributed by atoms with Gasteiger partial charge >= 0.3 is 5.97 Å². The van der Waals surface area contributed by atoms with Gasteiger partial charge in [0.05, 0.1) is 19.2 Å². The van der Waals surface area contributed by atoms with E-state index in [4.69, 9.17) is 4.74 Å². The first kappa shape index (κ1) is 16.5. The Labute approximate surface area is 145 Å². The molecule has 1 aromatic carbocycles. The summed E-state index contributed by atoms with van der Waals surface area (Å²) in [6.07, 6.45) is 1.85. The number of rotatable bonds is 3. The summed E-state index contributed by atoms with van der Waals surface area (Å²) >= 11 is 1.68. The standard InChI is InChI=1S/C18H19N3O2S/c1-23-17(22)16-6-2-4-15(14-16)5-3-8-20-9-11-21(12-10-20)18-19-7-13-24-18/h2,4,6-7,13-14H,8-12H2,1H3. The molecule has 1 aromatic heterocycles. The van der Waals surface area contributed by atoms with E-state index in [2.05, 4.69) is 26.6 Å². The van der Waals surface area contributed by atoms with Crippen molar-refractivity contribution in [1.29, 1.82) is 0 Å². The number of benzene rings is 1. The van der Waals surface area contributed by atoms with Gasteiger partial charge in [-0.1, -0.05) is 17.9 Å². The molecule has 0 saturated carbocycles. The Bertz CT molecular complexity index is 741. The van der Waals surface area contributed by atoms with E-state index in [0.29, 0.717) is 5.56 Å². The number of methoxy groups -OCH3 is 1. The lowest BCUT2D eigenvalue weighted by atomic mass is 10.1.